The lowest BCUT2D eigenvalue weighted by molar-refractivity contribution is -0.0805. The van der Waals surface area contributed by atoms with Gasteiger partial charge >= 0.3 is 6.18 Å². The topological polar surface area (TPSA) is 0 Å². The molecule has 0 aromatic rings. The first-order valence-corrected chi connectivity index (χ1v) is 3.06. The van der Waals surface area contributed by atoms with Crippen molar-refractivity contribution >= 4 is 12.6 Å². The number of hydrogen-bond acceptors (Lipinski definition) is 1. The standard InChI is InChI=1S/C3H2F4.C2H6S/c4-2-1-3(5,6)7;1-2-3/h1-2H;3H,2H2,1H3/b2-1-;. The van der Waals surface area contributed by atoms with Crippen molar-refractivity contribution in [3.63, 3.8) is 0 Å². The molecule has 0 aromatic heterocycles. The summed E-state index contributed by atoms with van der Waals surface area (Å²) >= 11 is 3.79. The maximum atomic E-state index is 10.7. The van der Waals surface area contributed by atoms with E-state index in [0.29, 0.717) is 0 Å². The Labute approximate surface area is 62.3 Å². The maximum absolute atomic E-state index is 10.7. The van der Waals surface area contributed by atoms with Crippen LogP contribution in [0, 0.1) is 0 Å². The highest BCUT2D eigenvalue weighted by molar-refractivity contribution is 7.80. The molecule has 0 saturated carbocycles. The molecule has 0 spiro atoms. The predicted molar refractivity (Wildman–Crippen MR) is 35.8 cm³/mol. The van der Waals surface area contributed by atoms with E-state index < -0.39 is 18.6 Å². The van der Waals surface area contributed by atoms with Gasteiger partial charge in [-0.25, -0.2) is 4.39 Å². The van der Waals surface area contributed by atoms with Crippen molar-refractivity contribution in [2.24, 2.45) is 0 Å². The molecule has 0 atom stereocenters. The SMILES string of the molecule is CCS.F/C=C\C(F)(F)F. The van der Waals surface area contributed by atoms with Gasteiger partial charge in [-0.2, -0.15) is 25.8 Å². The number of allylic oxidation sites excluding steroid dienone is 1. The Morgan fingerprint density at radius 3 is 1.70 bits per heavy atom. The van der Waals surface area contributed by atoms with E-state index in [4.69, 9.17) is 0 Å². The van der Waals surface area contributed by atoms with Crippen LogP contribution in [0.3, 0.4) is 0 Å². The lowest BCUT2D eigenvalue weighted by Crippen LogP contribution is -1.99. The van der Waals surface area contributed by atoms with Crippen LogP contribution in [0.1, 0.15) is 6.92 Å². The molecule has 0 saturated heterocycles. The van der Waals surface area contributed by atoms with E-state index in [2.05, 4.69) is 12.6 Å². The van der Waals surface area contributed by atoms with Gasteiger partial charge in [0, 0.05) is 6.08 Å². The van der Waals surface area contributed by atoms with Crippen LogP contribution in [0.5, 0.6) is 0 Å². The van der Waals surface area contributed by atoms with Crippen LogP contribution in [0.4, 0.5) is 17.6 Å². The first kappa shape index (κ1) is 12.5. The molecule has 10 heavy (non-hydrogen) atoms. The molecule has 0 aliphatic rings. The average molecular weight is 176 g/mol. The van der Waals surface area contributed by atoms with Gasteiger partial charge in [-0.15, -0.1) is 0 Å². The fraction of sp³-hybridized carbons (Fsp3) is 0.600. The lowest BCUT2D eigenvalue weighted by Gasteiger charge is -1.92. The van der Waals surface area contributed by atoms with Crippen molar-refractivity contribution in [1.82, 2.24) is 0 Å². The van der Waals surface area contributed by atoms with Gasteiger partial charge in [0.2, 0.25) is 0 Å². The summed E-state index contributed by atoms with van der Waals surface area (Å²) < 4.78 is 42.8. The van der Waals surface area contributed by atoms with Gasteiger partial charge in [0.15, 0.2) is 0 Å². The predicted octanol–water partition coefficient (Wildman–Crippen LogP) is 2.97. The molecule has 0 rings (SSSR count). The minimum absolute atomic E-state index is 0.479. The van der Waals surface area contributed by atoms with E-state index in [1.54, 1.807) is 0 Å². The van der Waals surface area contributed by atoms with Crippen LogP contribution in [0.2, 0.25) is 0 Å². The van der Waals surface area contributed by atoms with Gasteiger partial charge in [-0.05, 0) is 5.75 Å². The number of halogens is 4. The Bertz CT molecular complexity index is 86.1. The molecule has 62 valence electrons. The zero-order valence-corrected chi connectivity index (χ0v) is 6.22. The van der Waals surface area contributed by atoms with E-state index >= 15 is 0 Å². The number of rotatable bonds is 0. The van der Waals surface area contributed by atoms with Crippen molar-refractivity contribution in [1.29, 1.82) is 0 Å². The summed E-state index contributed by atoms with van der Waals surface area (Å²) in [6.07, 6.45) is -5.53. The van der Waals surface area contributed by atoms with Gasteiger partial charge in [0.1, 0.15) is 0 Å². The van der Waals surface area contributed by atoms with Crippen molar-refractivity contribution < 1.29 is 17.6 Å². The first-order valence-electron chi connectivity index (χ1n) is 2.43. The van der Waals surface area contributed by atoms with Crippen LogP contribution >= 0.6 is 12.6 Å². The molecule has 0 aromatic carbocycles. The van der Waals surface area contributed by atoms with Gasteiger partial charge in [0.25, 0.3) is 0 Å². The van der Waals surface area contributed by atoms with Crippen molar-refractivity contribution in [2.45, 2.75) is 13.1 Å². The Balaban J connectivity index is 0. The minimum Gasteiger partial charge on any atom is -0.216 e. The molecule has 0 amide bonds. The largest absolute Gasteiger partial charge is 0.411 e. The van der Waals surface area contributed by atoms with Gasteiger partial charge < -0.3 is 0 Å². The second-order valence-corrected chi connectivity index (χ2v) is 1.78. The summed E-state index contributed by atoms with van der Waals surface area (Å²) in [5.41, 5.74) is 0. The molecule has 0 fully saturated rings. The highest BCUT2D eigenvalue weighted by atomic mass is 32.1. The highest BCUT2D eigenvalue weighted by Gasteiger charge is 2.21. The Morgan fingerprint density at radius 2 is 1.70 bits per heavy atom. The van der Waals surface area contributed by atoms with Crippen LogP contribution < -0.4 is 0 Å². The third-order valence-electron chi connectivity index (χ3n) is 0.252. The van der Waals surface area contributed by atoms with Crippen LogP contribution in [0.25, 0.3) is 0 Å². The highest BCUT2D eigenvalue weighted by Crippen LogP contribution is 2.15. The first-order chi connectivity index (χ1) is 4.47. The van der Waals surface area contributed by atoms with E-state index in [-0.39, 0.29) is 0 Å². The maximum Gasteiger partial charge on any atom is 0.411 e. The van der Waals surface area contributed by atoms with Crippen molar-refractivity contribution in [3.05, 3.63) is 12.4 Å². The van der Waals surface area contributed by atoms with Crippen LogP contribution in [-0.4, -0.2) is 11.9 Å². The second kappa shape index (κ2) is 6.92. The Morgan fingerprint density at radius 1 is 1.40 bits per heavy atom. The fourth-order valence-corrected chi connectivity index (χ4v) is 0.0714. The van der Waals surface area contributed by atoms with Crippen molar-refractivity contribution in [2.75, 3.05) is 5.75 Å². The number of thiol groups is 1. The summed E-state index contributed by atoms with van der Waals surface area (Å²) in [4.78, 5) is 0. The zero-order chi connectivity index (χ0) is 8.62. The summed E-state index contributed by atoms with van der Waals surface area (Å²) in [6, 6.07) is 0. The van der Waals surface area contributed by atoms with E-state index in [9.17, 15) is 17.6 Å². The third kappa shape index (κ3) is 25.0. The van der Waals surface area contributed by atoms with E-state index in [1.165, 1.54) is 0 Å². The molecule has 0 aliphatic carbocycles. The third-order valence-corrected chi connectivity index (χ3v) is 0.252. The summed E-state index contributed by atoms with van der Waals surface area (Å²) in [5.74, 6) is 0.944. The second-order valence-electron chi connectivity index (χ2n) is 1.15. The van der Waals surface area contributed by atoms with Gasteiger partial charge in [-0.3, -0.25) is 0 Å². The average Bonchev–Trinajstić information content (AvgIpc) is 1.63. The molecule has 0 heterocycles. The van der Waals surface area contributed by atoms with Crippen molar-refractivity contribution in [3.8, 4) is 0 Å². The molecule has 0 N–H and O–H groups in total. The molecule has 0 radical (unpaired) electrons. The molecule has 0 nitrogen and oxygen atoms in total. The monoisotopic (exact) mass is 176 g/mol. The molecular formula is C5H8F4S. The van der Waals surface area contributed by atoms with Crippen LogP contribution in [0.15, 0.2) is 12.4 Å². The van der Waals surface area contributed by atoms with E-state index in [1.807, 2.05) is 6.92 Å². The Kier molecular flexibility index (Phi) is 8.64. The quantitative estimate of drug-likeness (QED) is 0.425. The van der Waals surface area contributed by atoms with E-state index in [0.717, 1.165) is 5.75 Å². The molecule has 0 unspecified atom stereocenters. The van der Waals surface area contributed by atoms with Gasteiger partial charge in [0.05, 0.1) is 6.33 Å². The molecular weight excluding hydrogens is 168 g/mol. The summed E-state index contributed by atoms with van der Waals surface area (Å²) in [7, 11) is 0. The summed E-state index contributed by atoms with van der Waals surface area (Å²) in [6.45, 7) is 1.99. The lowest BCUT2D eigenvalue weighted by atomic mass is 10.6. The smallest absolute Gasteiger partial charge is 0.216 e. The molecule has 0 bridgehead atoms. The Hall–Kier alpha value is -0.190. The zero-order valence-electron chi connectivity index (χ0n) is 5.32. The molecule has 5 heteroatoms. The number of alkyl halides is 3. The van der Waals surface area contributed by atoms with Crippen LogP contribution in [-0.2, 0) is 0 Å². The van der Waals surface area contributed by atoms with Gasteiger partial charge in [-0.1, -0.05) is 6.92 Å². The summed E-state index contributed by atoms with van der Waals surface area (Å²) in [5, 5.41) is 0. The number of hydrogen-bond donors (Lipinski definition) is 1. The normalized spacial score (nSPS) is 11.0. The fourth-order valence-electron chi connectivity index (χ4n) is 0.0714. The molecule has 0 aliphatic heterocycles. The minimum atomic E-state index is -4.51.